The average Bonchev–Trinajstić information content (AvgIpc) is 2.34. The number of hydrogen-bond acceptors (Lipinski definition) is 2. The zero-order valence-electron chi connectivity index (χ0n) is 11.3. The van der Waals surface area contributed by atoms with Crippen molar-refractivity contribution >= 4 is 5.97 Å². The van der Waals surface area contributed by atoms with E-state index in [4.69, 9.17) is 9.84 Å². The summed E-state index contributed by atoms with van der Waals surface area (Å²) in [5.41, 5.74) is 2.68. The highest BCUT2D eigenvalue weighted by atomic mass is 19.1. The fourth-order valence-electron chi connectivity index (χ4n) is 2.15. The molecule has 0 atom stereocenters. The highest BCUT2D eigenvalue weighted by molar-refractivity contribution is 5.91. The Morgan fingerprint density at radius 3 is 2.45 bits per heavy atom. The highest BCUT2D eigenvalue weighted by Crippen LogP contribution is 2.23. The van der Waals surface area contributed by atoms with Gasteiger partial charge in [0.2, 0.25) is 0 Å². The number of rotatable bonds is 4. The maximum Gasteiger partial charge on any atom is 0.342 e. The van der Waals surface area contributed by atoms with Crippen molar-refractivity contribution in [2.45, 2.75) is 20.5 Å². The van der Waals surface area contributed by atoms with Gasteiger partial charge in [0, 0.05) is 0 Å². The van der Waals surface area contributed by atoms with E-state index in [2.05, 4.69) is 0 Å². The molecule has 0 bridgehead atoms. The Balaban J connectivity index is 2.23. The highest BCUT2D eigenvalue weighted by Gasteiger charge is 2.16. The second kappa shape index (κ2) is 5.74. The molecule has 0 saturated carbocycles. The second-order valence-corrected chi connectivity index (χ2v) is 4.70. The predicted octanol–water partition coefficient (Wildman–Crippen LogP) is 3.72. The Morgan fingerprint density at radius 2 is 1.85 bits per heavy atom. The third-order valence-electron chi connectivity index (χ3n) is 2.87. The van der Waals surface area contributed by atoms with Gasteiger partial charge in [0.25, 0.3) is 0 Å². The molecule has 2 aromatic carbocycles. The molecule has 0 saturated heterocycles. The number of aryl methyl sites for hydroxylation is 2. The molecule has 104 valence electrons. The minimum Gasteiger partial charge on any atom is -0.488 e. The van der Waals surface area contributed by atoms with E-state index in [1.54, 1.807) is 0 Å². The SMILES string of the molecule is Cc1cc(C)cc(COc2cccc(F)c2C(=O)O)c1. The van der Waals surface area contributed by atoms with Crippen LogP contribution in [0.2, 0.25) is 0 Å². The number of benzene rings is 2. The normalized spacial score (nSPS) is 10.3. The molecule has 2 aromatic rings. The van der Waals surface area contributed by atoms with Crippen LogP contribution in [0.15, 0.2) is 36.4 Å². The summed E-state index contributed by atoms with van der Waals surface area (Å²) in [6.07, 6.45) is 0. The number of carboxylic acids is 1. The van der Waals surface area contributed by atoms with E-state index >= 15 is 0 Å². The molecule has 0 spiro atoms. The van der Waals surface area contributed by atoms with Crippen LogP contribution in [-0.4, -0.2) is 11.1 Å². The molecule has 3 nitrogen and oxygen atoms in total. The van der Waals surface area contributed by atoms with Crippen LogP contribution in [-0.2, 0) is 6.61 Å². The van der Waals surface area contributed by atoms with Crippen LogP contribution in [0.25, 0.3) is 0 Å². The molecule has 0 unspecified atom stereocenters. The van der Waals surface area contributed by atoms with Gasteiger partial charge in [-0.3, -0.25) is 0 Å². The van der Waals surface area contributed by atoms with Gasteiger partial charge in [-0.25, -0.2) is 9.18 Å². The quantitative estimate of drug-likeness (QED) is 0.924. The monoisotopic (exact) mass is 274 g/mol. The molecular weight excluding hydrogens is 259 g/mol. The molecule has 1 N–H and O–H groups in total. The summed E-state index contributed by atoms with van der Waals surface area (Å²) in [5.74, 6) is -2.09. The molecule has 0 heterocycles. The Labute approximate surface area is 116 Å². The lowest BCUT2D eigenvalue weighted by atomic mass is 10.1. The molecule has 0 aliphatic heterocycles. The van der Waals surface area contributed by atoms with E-state index < -0.39 is 17.3 Å². The number of hydrogen-bond donors (Lipinski definition) is 1. The van der Waals surface area contributed by atoms with Crippen LogP contribution in [0, 0.1) is 19.7 Å². The van der Waals surface area contributed by atoms with E-state index in [-0.39, 0.29) is 12.4 Å². The maximum atomic E-state index is 13.5. The van der Waals surface area contributed by atoms with Crippen molar-refractivity contribution < 1.29 is 19.0 Å². The van der Waals surface area contributed by atoms with Crippen molar-refractivity contribution in [2.75, 3.05) is 0 Å². The second-order valence-electron chi connectivity index (χ2n) is 4.70. The van der Waals surface area contributed by atoms with Crippen molar-refractivity contribution in [1.29, 1.82) is 0 Å². The van der Waals surface area contributed by atoms with Gasteiger partial charge in [-0.2, -0.15) is 0 Å². The largest absolute Gasteiger partial charge is 0.488 e. The lowest BCUT2D eigenvalue weighted by Gasteiger charge is -2.10. The van der Waals surface area contributed by atoms with Crippen molar-refractivity contribution in [3.63, 3.8) is 0 Å². The molecule has 20 heavy (non-hydrogen) atoms. The van der Waals surface area contributed by atoms with Gasteiger partial charge in [0.05, 0.1) is 0 Å². The first-order chi connectivity index (χ1) is 9.47. The van der Waals surface area contributed by atoms with Gasteiger partial charge >= 0.3 is 5.97 Å². The number of halogens is 1. The van der Waals surface area contributed by atoms with Crippen molar-refractivity contribution in [1.82, 2.24) is 0 Å². The van der Waals surface area contributed by atoms with Crippen molar-refractivity contribution in [3.8, 4) is 5.75 Å². The molecule has 4 heteroatoms. The summed E-state index contributed by atoms with van der Waals surface area (Å²) in [6.45, 7) is 4.15. The molecule has 0 radical (unpaired) electrons. The smallest absolute Gasteiger partial charge is 0.342 e. The zero-order chi connectivity index (χ0) is 14.7. The Bertz CT molecular complexity index is 630. The van der Waals surface area contributed by atoms with E-state index in [1.165, 1.54) is 12.1 Å². The van der Waals surface area contributed by atoms with E-state index in [9.17, 15) is 9.18 Å². The van der Waals surface area contributed by atoms with Crippen LogP contribution in [0.5, 0.6) is 5.75 Å². The number of ether oxygens (including phenoxy) is 1. The molecule has 2 rings (SSSR count). The van der Waals surface area contributed by atoms with E-state index in [1.807, 2.05) is 32.0 Å². The maximum absolute atomic E-state index is 13.5. The van der Waals surface area contributed by atoms with Gasteiger partial charge in [-0.15, -0.1) is 0 Å². The first kappa shape index (κ1) is 14.1. The van der Waals surface area contributed by atoms with Crippen molar-refractivity contribution in [3.05, 3.63) is 64.5 Å². The lowest BCUT2D eigenvalue weighted by molar-refractivity contribution is 0.0686. The first-order valence-electron chi connectivity index (χ1n) is 6.19. The predicted molar refractivity (Wildman–Crippen MR) is 73.6 cm³/mol. The molecule has 0 aromatic heterocycles. The topological polar surface area (TPSA) is 46.5 Å². The lowest BCUT2D eigenvalue weighted by Crippen LogP contribution is -2.06. The van der Waals surface area contributed by atoms with Gasteiger partial charge in [0.15, 0.2) is 0 Å². The zero-order valence-corrected chi connectivity index (χ0v) is 11.3. The summed E-state index contributed by atoms with van der Waals surface area (Å²) in [6, 6.07) is 9.93. The summed E-state index contributed by atoms with van der Waals surface area (Å²) < 4.78 is 18.9. The molecule has 0 fully saturated rings. The molecule has 0 aliphatic rings. The fraction of sp³-hybridized carbons (Fsp3) is 0.188. The van der Waals surface area contributed by atoms with Crippen LogP contribution < -0.4 is 4.74 Å². The van der Waals surface area contributed by atoms with Gasteiger partial charge in [-0.05, 0) is 31.5 Å². The number of aromatic carboxylic acids is 1. The Kier molecular flexibility index (Phi) is 4.03. The average molecular weight is 274 g/mol. The summed E-state index contributed by atoms with van der Waals surface area (Å²) in [4.78, 5) is 11.0. The summed E-state index contributed by atoms with van der Waals surface area (Å²) >= 11 is 0. The van der Waals surface area contributed by atoms with Gasteiger partial charge in [-0.1, -0.05) is 35.4 Å². The van der Waals surface area contributed by atoms with E-state index in [0.717, 1.165) is 22.8 Å². The summed E-state index contributed by atoms with van der Waals surface area (Å²) in [5, 5.41) is 9.01. The van der Waals surface area contributed by atoms with Crippen molar-refractivity contribution in [2.24, 2.45) is 0 Å². The molecule has 0 amide bonds. The van der Waals surface area contributed by atoms with Crippen LogP contribution >= 0.6 is 0 Å². The van der Waals surface area contributed by atoms with Crippen LogP contribution in [0.1, 0.15) is 27.0 Å². The Morgan fingerprint density at radius 1 is 1.20 bits per heavy atom. The number of carboxylic acid groups (broad SMARTS) is 1. The molecule has 0 aliphatic carbocycles. The minimum absolute atomic E-state index is 0.0386. The van der Waals surface area contributed by atoms with Gasteiger partial charge in [0.1, 0.15) is 23.7 Å². The fourth-order valence-corrected chi connectivity index (χ4v) is 2.15. The molecular formula is C16H15FO3. The van der Waals surface area contributed by atoms with E-state index in [0.29, 0.717) is 0 Å². The summed E-state index contributed by atoms with van der Waals surface area (Å²) in [7, 11) is 0. The minimum atomic E-state index is -1.33. The Hall–Kier alpha value is -2.36. The van der Waals surface area contributed by atoms with Gasteiger partial charge < -0.3 is 9.84 Å². The first-order valence-corrected chi connectivity index (χ1v) is 6.19. The third-order valence-corrected chi connectivity index (χ3v) is 2.87. The van der Waals surface area contributed by atoms with Crippen LogP contribution in [0.3, 0.4) is 0 Å². The number of carbonyl (C=O) groups is 1. The standard InChI is InChI=1S/C16H15FO3/c1-10-6-11(2)8-12(7-10)9-20-14-5-3-4-13(17)15(14)16(18)19/h3-8H,9H2,1-2H3,(H,18,19). The third kappa shape index (κ3) is 3.15. The van der Waals surface area contributed by atoms with Crippen LogP contribution in [0.4, 0.5) is 4.39 Å².